The van der Waals surface area contributed by atoms with Crippen LogP contribution in [0.3, 0.4) is 0 Å². The number of rotatable bonds is 5. The molecule has 0 spiro atoms. The maximum absolute atomic E-state index is 5.95. The zero-order chi connectivity index (χ0) is 12.3. The van der Waals surface area contributed by atoms with Crippen molar-refractivity contribution in [2.45, 2.75) is 58.4 Å². The second kappa shape index (κ2) is 5.43. The van der Waals surface area contributed by atoms with Crippen LogP contribution in [0.25, 0.3) is 0 Å². The lowest BCUT2D eigenvalue weighted by molar-refractivity contribution is 0.195. The molecule has 2 nitrogen and oxygen atoms in total. The predicted octanol–water partition coefficient (Wildman–Crippen LogP) is 4.23. The Morgan fingerprint density at radius 3 is 2.71 bits per heavy atom. The zero-order valence-electron chi connectivity index (χ0n) is 11.0. The lowest BCUT2D eigenvalue weighted by Gasteiger charge is -2.32. The second-order valence-corrected chi connectivity index (χ2v) is 6.22. The van der Waals surface area contributed by atoms with E-state index >= 15 is 0 Å². The minimum atomic E-state index is 0.496. The Balaban J connectivity index is 2.12. The molecule has 0 radical (unpaired) electrons. The third-order valence-corrected chi connectivity index (χ3v) is 4.22. The van der Waals surface area contributed by atoms with E-state index in [2.05, 4.69) is 23.4 Å². The van der Waals surface area contributed by atoms with Crippen LogP contribution < -0.4 is 0 Å². The van der Waals surface area contributed by atoms with Crippen molar-refractivity contribution >= 4 is 11.6 Å². The molecule has 2 rings (SSSR count). The fraction of sp³-hybridized carbons (Fsp3) is 0.786. The monoisotopic (exact) mass is 254 g/mol. The number of hydrogen-bond acceptors (Lipinski definition) is 1. The molecule has 1 aliphatic rings. The van der Waals surface area contributed by atoms with Gasteiger partial charge in [0.2, 0.25) is 0 Å². The Morgan fingerprint density at radius 1 is 1.41 bits per heavy atom. The summed E-state index contributed by atoms with van der Waals surface area (Å²) in [5.74, 6) is 1.34. The summed E-state index contributed by atoms with van der Waals surface area (Å²) in [7, 11) is 0. The molecular weight excluding hydrogens is 232 g/mol. The summed E-state index contributed by atoms with van der Waals surface area (Å²) >= 11 is 5.95. The van der Waals surface area contributed by atoms with Gasteiger partial charge in [0, 0.05) is 12.7 Å². The molecule has 1 aliphatic carbocycles. The van der Waals surface area contributed by atoms with Crippen LogP contribution in [0.1, 0.15) is 51.6 Å². The molecule has 1 aromatic heterocycles. The van der Waals surface area contributed by atoms with Gasteiger partial charge >= 0.3 is 0 Å². The Labute approximate surface area is 109 Å². The van der Waals surface area contributed by atoms with Gasteiger partial charge in [0.05, 0.1) is 17.9 Å². The molecule has 0 N–H and O–H groups in total. The first-order valence-corrected chi connectivity index (χ1v) is 7.24. The minimum absolute atomic E-state index is 0.496. The number of nitrogens with zero attached hydrogens (tertiary/aromatic N) is 2. The highest BCUT2D eigenvalue weighted by Gasteiger charge is 2.34. The number of imidazole rings is 1. The molecule has 17 heavy (non-hydrogen) atoms. The van der Waals surface area contributed by atoms with Crippen LogP contribution in [-0.4, -0.2) is 9.55 Å². The zero-order valence-corrected chi connectivity index (χ0v) is 11.7. The Bertz CT molecular complexity index is 351. The summed E-state index contributed by atoms with van der Waals surface area (Å²) in [6, 6.07) is 0. The summed E-state index contributed by atoms with van der Waals surface area (Å²) in [4.78, 5) is 4.22. The van der Waals surface area contributed by atoms with Crippen LogP contribution in [0, 0.1) is 11.3 Å². The second-order valence-electron chi connectivity index (χ2n) is 5.95. The standard InChI is InChI=1S/C14H23ClN2/c1-12(2)7-14(5-3-4-6-14)10-17-11-16-9-13(17)8-15/h9,11-12H,3-8,10H2,1-2H3. The van der Waals surface area contributed by atoms with Crippen molar-refractivity contribution in [3.63, 3.8) is 0 Å². The average molecular weight is 255 g/mol. The van der Waals surface area contributed by atoms with Crippen molar-refractivity contribution in [2.75, 3.05) is 0 Å². The number of hydrogen-bond donors (Lipinski definition) is 0. The fourth-order valence-electron chi connectivity index (χ4n) is 3.38. The number of aromatic nitrogens is 2. The van der Waals surface area contributed by atoms with E-state index in [0.29, 0.717) is 11.3 Å². The van der Waals surface area contributed by atoms with Crippen molar-refractivity contribution in [3.05, 3.63) is 18.2 Å². The van der Waals surface area contributed by atoms with E-state index in [-0.39, 0.29) is 0 Å². The first kappa shape index (κ1) is 12.9. The lowest BCUT2D eigenvalue weighted by Crippen LogP contribution is -2.26. The third-order valence-electron chi connectivity index (χ3n) is 3.95. The van der Waals surface area contributed by atoms with E-state index in [1.165, 1.54) is 32.1 Å². The van der Waals surface area contributed by atoms with Gasteiger partial charge in [-0.25, -0.2) is 4.98 Å². The Hall–Kier alpha value is -0.500. The van der Waals surface area contributed by atoms with Gasteiger partial charge in [-0.1, -0.05) is 26.7 Å². The summed E-state index contributed by atoms with van der Waals surface area (Å²) in [5.41, 5.74) is 1.65. The fourth-order valence-corrected chi connectivity index (χ4v) is 3.60. The maximum atomic E-state index is 5.95. The molecule has 0 saturated heterocycles. The summed E-state index contributed by atoms with van der Waals surface area (Å²) in [6.07, 6.45) is 10.7. The first-order chi connectivity index (χ1) is 8.15. The van der Waals surface area contributed by atoms with Crippen LogP contribution in [0.2, 0.25) is 0 Å². The molecule has 96 valence electrons. The minimum Gasteiger partial charge on any atom is -0.333 e. The third kappa shape index (κ3) is 3.04. The van der Waals surface area contributed by atoms with Gasteiger partial charge in [-0.05, 0) is 30.6 Å². The highest BCUT2D eigenvalue weighted by Crippen LogP contribution is 2.44. The summed E-state index contributed by atoms with van der Waals surface area (Å²) < 4.78 is 2.26. The predicted molar refractivity (Wildman–Crippen MR) is 72.1 cm³/mol. The molecule has 1 fully saturated rings. The number of halogens is 1. The van der Waals surface area contributed by atoms with Gasteiger partial charge in [-0.2, -0.15) is 0 Å². The average Bonchev–Trinajstić information content (AvgIpc) is 2.87. The van der Waals surface area contributed by atoms with Crippen LogP contribution >= 0.6 is 11.6 Å². The molecule has 1 heterocycles. The largest absolute Gasteiger partial charge is 0.333 e. The van der Waals surface area contributed by atoms with Gasteiger partial charge in [0.25, 0.3) is 0 Å². The smallest absolute Gasteiger partial charge is 0.0948 e. The number of alkyl halides is 1. The van der Waals surface area contributed by atoms with E-state index in [9.17, 15) is 0 Å². The molecule has 0 atom stereocenters. The quantitative estimate of drug-likeness (QED) is 0.719. The SMILES string of the molecule is CC(C)CC1(Cn2cncc2CCl)CCCC1. The van der Waals surface area contributed by atoms with Gasteiger partial charge in [-0.15, -0.1) is 11.6 Å². The van der Waals surface area contributed by atoms with Crippen LogP contribution in [0.4, 0.5) is 0 Å². The lowest BCUT2D eigenvalue weighted by atomic mass is 9.78. The highest BCUT2D eigenvalue weighted by atomic mass is 35.5. The molecule has 0 amide bonds. The van der Waals surface area contributed by atoms with E-state index < -0.39 is 0 Å². The molecule has 0 aromatic carbocycles. The van der Waals surface area contributed by atoms with Crippen molar-refractivity contribution in [1.29, 1.82) is 0 Å². The van der Waals surface area contributed by atoms with Crippen LogP contribution in [0.5, 0.6) is 0 Å². The first-order valence-electron chi connectivity index (χ1n) is 6.70. The Morgan fingerprint density at radius 2 is 2.12 bits per heavy atom. The van der Waals surface area contributed by atoms with E-state index in [0.717, 1.165) is 18.2 Å². The van der Waals surface area contributed by atoms with Crippen molar-refractivity contribution in [2.24, 2.45) is 11.3 Å². The van der Waals surface area contributed by atoms with Crippen molar-refractivity contribution in [1.82, 2.24) is 9.55 Å². The van der Waals surface area contributed by atoms with Gasteiger partial charge < -0.3 is 4.57 Å². The van der Waals surface area contributed by atoms with Crippen LogP contribution in [-0.2, 0) is 12.4 Å². The normalized spacial score (nSPS) is 19.1. The maximum Gasteiger partial charge on any atom is 0.0948 e. The van der Waals surface area contributed by atoms with E-state index in [1.54, 1.807) is 0 Å². The summed E-state index contributed by atoms with van der Waals surface area (Å²) in [6.45, 7) is 5.76. The highest BCUT2D eigenvalue weighted by molar-refractivity contribution is 6.16. The van der Waals surface area contributed by atoms with Crippen molar-refractivity contribution in [3.8, 4) is 0 Å². The topological polar surface area (TPSA) is 17.8 Å². The van der Waals surface area contributed by atoms with E-state index in [4.69, 9.17) is 11.6 Å². The molecule has 1 saturated carbocycles. The van der Waals surface area contributed by atoms with Gasteiger partial charge in [-0.3, -0.25) is 0 Å². The Kier molecular flexibility index (Phi) is 4.13. The molecule has 3 heteroatoms. The molecule has 0 bridgehead atoms. The van der Waals surface area contributed by atoms with E-state index in [1.807, 2.05) is 12.5 Å². The van der Waals surface area contributed by atoms with Gasteiger partial charge in [0.15, 0.2) is 0 Å². The molecule has 0 aliphatic heterocycles. The van der Waals surface area contributed by atoms with Gasteiger partial charge in [0.1, 0.15) is 0 Å². The summed E-state index contributed by atoms with van der Waals surface area (Å²) in [5, 5.41) is 0. The van der Waals surface area contributed by atoms with Crippen LogP contribution in [0.15, 0.2) is 12.5 Å². The molecular formula is C14H23ClN2. The molecule has 0 unspecified atom stereocenters. The van der Waals surface area contributed by atoms with Crippen molar-refractivity contribution < 1.29 is 0 Å². The molecule has 1 aromatic rings.